The van der Waals surface area contributed by atoms with Gasteiger partial charge in [-0.1, -0.05) is 90.8 Å². The van der Waals surface area contributed by atoms with Gasteiger partial charge in [0.05, 0.1) is 17.9 Å². The Hall–Kier alpha value is -2.55. The summed E-state index contributed by atoms with van der Waals surface area (Å²) in [5, 5.41) is 25.5. The van der Waals surface area contributed by atoms with Crippen molar-refractivity contribution in [3.63, 3.8) is 0 Å². The van der Waals surface area contributed by atoms with Gasteiger partial charge in [-0.25, -0.2) is 0 Å². The van der Waals surface area contributed by atoms with Gasteiger partial charge in [-0.05, 0) is 123 Å². The summed E-state index contributed by atoms with van der Waals surface area (Å²) in [6.45, 7) is 22.2. The lowest BCUT2D eigenvalue weighted by Gasteiger charge is -2.69. The third-order valence-electron chi connectivity index (χ3n) is 15.7. The molecule has 0 aliphatic heterocycles. The number of aliphatic hydroxyl groups excluding tert-OH is 1. The molecule has 0 amide bonds. The van der Waals surface area contributed by atoms with E-state index in [0.29, 0.717) is 18.9 Å². The maximum Gasteiger partial charge on any atom is 0.309 e. The van der Waals surface area contributed by atoms with Crippen molar-refractivity contribution in [2.45, 2.75) is 152 Å². The first-order valence-corrected chi connectivity index (χ1v) is 21.5. The largest absolute Gasteiger partial charge is 0.481 e. The molecule has 0 radical (unpaired) electrons. The van der Waals surface area contributed by atoms with Crippen LogP contribution in [0, 0.1) is 50.7 Å². The van der Waals surface area contributed by atoms with E-state index in [2.05, 4.69) is 82.9 Å². The van der Waals surface area contributed by atoms with Crippen molar-refractivity contribution in [1.29, 1.82) is 0 Å². The van der Waals surface area contributed by atoms with Gasteiger partial charge < -0.3 is 20.3 Å². The maximum atomic E-state index is 14.2. The quantitative estimate of drug-likeness (QED) is 0.135. The Bertz CT molecular complexity index is 1570. The second kappa shape index (κ2) is 16.7. The average molecular weight is 763 g/mol. The molecule has 0 spiro atoms. The molecular formula is C47H74N2O6. The van der Waals surface area contributed by atoms with Gasteiger partial charge in [0, 0.05) is 38.0 Å². The van der Waals surface area contributed by atoms with Crippen molar-refractivity contribution < 1.29 is 29.3 Å². The molecule has 308 valence electrons. The minimum atomic E-state index is -1.17. The van der Waals surface area contributed by atoms with Gasteiger partial charge in [0.2, 0.25) is 0 Å². The Morgan fingerprint density at radius 2 is 1.69 bits per heavy atom. The van der Waals surface area contributed by atoms with Gasteiger partial charge in [-0.2, -0.15) is 0 Å². The Morgan fingerprint density at radius 1 is 1.00 bits per heavy atom. The van der Waals surface area contributed by atoms with E-state index >= 15 is 0 Å². The SMILES string of the molecule is CNCCN(Cc1ccccc1)CC(O)C12CCC3(C)C(CCC4C(C)(CCC(OC(=O)CC(C)(C)C(=O)O)C(C)C)CCCC43C)C1=C(C(C)C)C(=O)C2. The number of carbonyl (C=O) groups excluding carboxylic acids is 2. The van der Waals surface area contributed by atoms with E-state index in [0.717, 1.165) is 83.0 Å². The zero-order valence-electron chi connectivity index (χ0n) is 35.9. The minimum absolute atomic E-state index is 0.0108. The molecule has 0 saturated heterocycles. The highest BCUT2D eigenvalue weighted by atomic mass is 16.5. The van der Waals surface area contributed by atoms with Crippen molar-refractivity contribution in [2.24, 2.45) is 50.7 Å². The number of nitrogens with one attached hydrogen (secondary N) is 1. The molecule has 8 nitrogen and oxygen atoms in total. The summed E-state index contributed by atoms with van der Waals surface area (Å²) in [6, 6.07) is 10.5. The summed E-state index contributed by atoms with van der Waals surface area (Å²) in [5.41, 5.74) is 1.97. The number of hydrogen-bond donors (Lipinski definition) is 3. The molecule has 3 fully saturated rings. The summed E-state index contributed by atoms with van der Waals surface area (Å²) in [4.78, 5) is 41.3. The van der Waals surface area contributed by atoms with Crippen LogP contribution in [-0.4, -0.2) is 71.7 Å². The number of likely N-dealkylation sites (N-methyl/N-ethyl adjacent to an activating group) is 1. The van der Waals surface area contributed by atoms with Crippen LogP contribution in [0.2, 0.25) is 0 Å². The third kappa shape index (κ3) is 8.39. The number of ketones is 1. The Labute approximate surface area is 332 Å². The van der Waals surface area contributed by atoms with E-state index in [1.54, 1.807) is 13.8 Å². The monoisotopic (exact) mass is 763 g/mol. The first-order chi connectivity index (χ1) is 25.7. The number of hydrogen-bond acceptors (Lipinski definition) is 7. The Kier molecular flexibility index (Phi) is 13.3. The van der Waals surface area contributed by atoms with Crippen LogP contribution in [0.3, 0.4) is 0 Å². The highest BCUT2D eigenvalue weighted by Crippen LogP contribution is 2.74. The summed E-state index contributed by atoms with van der Waals surface area (Å²) in [5.74, 6) is -0.190. The van der Waals surface area contributed by atoms with Crippen LogP contribution in [0.4, 0.5) is 0 Å². The molecule has 0 heterocycles. The number of Topliss-reactive ketones (excluding diaryl/α,β-unsaturated/α-hetero) is 1. The van der Waals surface area contributed by atoms with Crippen molar-refractivity contribution in [3.05, 3.63) is 47.0 Å². The zero-order chi connectivity index (χ0) is 40.6. The number of carboxylic acid groups (broad SMARTS) is 1. The average Bonchev–Trinajstić information content (AvgIpc) is 3.42. The summed E-state index contributed by atoms with van der Waals surface area (Å²) < 4.78 is 6.04. The van der Waals surface area contributed by atoms with Gasteiger partial charge in [0.1, 0.15) is 6.10 Å². The van der Waals surface area contributed by atoms with Crippen LogP contribution in [0.15, 0.2) is 41.5 Å². The molecule has 8 heteroatoms. The van der Waals surface area contributed by atoms with Crippen molar-refractivity contribution in [1.82, 2.24) is 10.2 Å². The molecule has 0 bridgehead atoms. The van der Waals surface area contributed by atoms with Crippen LogP contribution >= 0.6 is 0 Å². The predicted octanol–water partition coefficient (Wildman–Crippen LogP) is 8.85. The Morgan fingerprint density at radius 3 is 2.31 bits per heavy atom. The fourth-order valence-electron chi connectivity index (χ4n) is 12.2. The molecular weight excluding hydrogens is 689 g/mol. The standard InChI is InChI=1S/C47H74N2O6/c1-31(2)36(55-39(52)28-43(5,6)42(53)54)19-22-44(7)20-14-21-46(9)37(44)18-17-34-41-40(32(3)4)35(50)27-47(41,24-23-45(34,46)8)38(51)30-49(26-25-48-10)29-33-15-12-11-13-16-33/h11-13,15-16,31-32,34,36-38,48,51H,14,17-30H2,1-10H3,(H,53,54). The van der Waals surface area contributed by atoms with Crippen molar-refractivity contribution in [2.75, 3.05) is 26.7 Å². The van der Waals surface area contributed by atoms with Gasteiger partial charge in [-0.15, -0.1) is 0 Å². The number of benzene rings is 1. The lowest BCUT2D eigenvalue weighted by atomic mass is 9.36. The second-order valence-corrected chi connectivity index (χ2v) is 20.3. The number of carboxylic acids is 1. The molecule has 1 aromatic carbocycles. The van der Waals surface area contributed by atoms with E-state index in [4.69, 9.17) is 4.74 Å². The van der Waals surface area contributed by atoms with E-state index in [1.807, 2.05) is 13.1 Å². The fourth-order valence-corrected chi connectivity index (χ4v) is 12.2. The second-order valence-electron chi connectivity index (χ2n) is 20.3. The first kappa shape index (κ1) is 43.6. The molecule has 8 atom stereocenters. The Balaban J connectivity index is 1.41. The summed E-state index contributed by atoms with van der Waals surface area (Å²) in [6.07, 6.45) is 8.51. The number of ether oxygens (including phenoxy) is 1. The van der Waals surface area contributed by atoms with E-state index < -0.39 is 28.9 Å². The van der Waals surface area contributed by atoms with Crippen LogP contribution in [0.1, 0.15) is 139 Å². The normalized spacial score (nSPS) is 32.0. The van der Waals surface area contributed by atoms with Gasteiger partial charge in [0.25, 0.3) is 0 Å². The number of allylic oxidation sites excluding steroid dienone is 1. The molecule has 3 N–H and O–H groups in total. The molecule has 1 aromatic rings. The van der Waals surface area contributed by atoms with Crippen LogP contribution < -0.4 is 5.32 Å². The number of fused-ring (bicyclic) bond motifs is 5. The highest BCUT2D eigenvalue weighted by molar-refractivity contribution is 6.00. The van der Waals surface area contributed by atoms with Gasteiger partial charge >= 0.3 is 11.9 Å². The molecule has 4 aliphatic carbocycles. The van der Waals surface area contributed by atoms with Crippen molar-refractivity contribution >= 4 is 17.7 Å². The molecule has 8 unspecified atom stereocenters. The van der Waals surface area contributed by atoms with Gasteiger partial charge in [-0.3, -0.25) is 19.3 Å². The van der Waals surface area contributed by atoms with Crippen molar-refractivity contribution in [3.8, 4) is 0 Å². The van der Waals surface area contributed by atoms with E-state index in [1.165, 1.54) is 11.1 Å². The van der Waals surface area contributed by atoms with Crippen LogP contribution in [0.5, 0.6) is 0 Å². The number of carbonyl (C=O) groups is 3. The zero-order valence-corrected chi connectivity index (χ0v) is 35.9. The third-order valence-corrected chi connectivity index (χ3v) is 15.7. The number of nitrogens with zero attached hydrogens (tertiary/aromatic N) is 1. The number of aliphatic hydroxyl groups is 1. The maximum absolute atomic E-state index is 14.2. The fraction of sp³-hybridized carbons (Fsp3) is 0.766. The van der Waals surface area contributed by atoms with E-state index in [9.17, 15) is 24.6 Å². The van der Waals surface area contributed by atoms with Crippen LogP contribution in [0.25, 0.3) is 0 Å². The number of esters is 1. The highest BCUT2D eigenvalue weighted by Gasteiger charge is 2.67. The van der Waals surface area contributed by atoms with Crippen LogP contribution in [-0.2, 0) is 25.7 Å². The topological polar surface area (TPSA) is 116 Å². The molecule has 5 rings (SSSR count). The first-order valence-electron chi connectivity index (χ1n) is 21.5. The summed E-state index contributed by atoms with van der Waals surface area (Å²) in [7, 11) is 1.97. The minimum Gasteiger partial charge on any atom is -0.481 e. The summed E-state index contributed by atoms with van der Waals surface area (Å²) >= 11 is 0. The predicted molar refractivity (Wildman–Crippen MR) is 219 cm³/mol. The van der Waals surface area contributed by atoms with Gasteiger partial charge in [0.15, 0.2) is 5.78 Å². The molecule has 55 heavy (non-hydrogen) atoms. The smallest absolute Gasteiger partial charge is 0.309 e. The van der Waals surface area contributed by atoms with E-state index in [-0.39, 0.29) is 52.3 Å². The molecule has 0 aromatic heterocycles. The lowest BCUT2D eigenvalue weighted by Crippen LogP contribution is -2.62. The lowest BCUT2D eigenvalue weighted by molar-refractivity contribution is -0.178. The number of aliphatic carboxylic acids is 1. The molecule has 3 saturated carbocycles. The number of rotatable bonds is 17. The molecule has 4 aliphatic rings.